The molecule has 0 saturated carbocycles. The number of aryl methyl sites for hydroxylation is 2. The fraction of sp³-hybridized carbons (Fsp3) is 0.368. The maximum Gasteiger partial charge on any atom is 0.234 e. The number of hydrogen-bond donors (Lipinski definition) is 0. The number of rotatable bonds is 4. The molecular weight excluding hydrogens is 298 g/mol. The standard InChI is InChI=1S/C19H25N3Si/c1-14-12-20-19(21-13-14)22-17(10-11-23(3,4)5)15(2)16-8-6-7-9-18(16)22/h6-9,12-13H,10-11H2,1-5H3. The largest absolute Gasteiger partial charge is 0.282 e. The van der Waals surface area contributed by atoms with Crippen LogP contribution in [-0.4, -0.2) is 22.6 Å². The highest BCUT2D eigenvalue weighted by Crippen LogP contribution is 2.29. The average Bonchev–Trinajstić information content (AvgIpc) is 2.78. The molecule has 23 heavy (non-hydrogen) atoms. The smallest absolute Gasteiger partial charge is 0.234 e. The summed E-state index contributed by atoms with van der Waals surface area (Å²) in [5, 5.41) is 1.31. The lowest BCUT2D eigenvalue weighted by atomic mass is 10.1. The molecule has 1 aromatic carbocycles. The van der Waals surface area contributed by atoms with Crippen molar-refractivity contribution in [3.63, 3.8) is 0 Å². The van der Waals surface area contributed by atoms with Gasteiger partial charge in [-0.2, -0.15) is 0 Å². The Balaban J connectivity index is 2.18. The Morgan fingerprint density at radius 3 is 2.30 bits per heavy atom. The van der Waals surface area contributed by atoms with Crippen molar-refractivity contribution in [1.29, 1.82) is 0 Å². The van der Waals surface area contributed by atoms with Gasteiger partial charge in [0, 0.05) is 31.5 Å². The molecule has 4 heteroatoms. The molecule has 0 aliphatic carbocycles. The molecule has 2 aromatic heterocycles. The molecule has 0 radical (unpaired) electrons. The zero-order chi connectivity index (χ0) is 16.6. The van der Waals surface area contributed by atoms with E-state index in [1.54, 1.807) is 0 Å². The summed E-state index contributed by atoms with van der Waals surface area (Å²) >= 11 is 0. The van der Waals surface area contributed by atoms with Crippen LogP contribution in [0.5, 0.6) is 0 Å². The second-order valence-corrected chi connectivity index (χ2v) is 13.2. The molecule has 0 amide bonds. The molecule has 0 spiro atoms. The number of fused-ring (bicyclic) bond motifs is 1. The fourth-order valence-corrected chi connectivity index (χ4v) is 3.96. The van der Waals surface area contributed by atoms with E-state index in [0.717, 1.165) is 17.9 Å². The van der Waals surface area contributed by atoms with Gasteiger partial charge in [-0.3, -0.25) is 4.57 Å². The molecular formula is C19H25N3Si. The van der Waals surface area contributed by atoms with Gasteiger partial charge in [0.2, 0.25) is 5.95 Å². The summed E-state index contributed by atoms with van der Waals surface area (Å²) in [6.45, 7) is 11.5. The van der Waals surface area contributed by atoms with E-state index >= 15 is 0 Å². The highest BCUT2D eigenvalue weighted by molar-refractivity contribution is 6.76. The number of nitrogens with zero attached hydrogens (tertiary/aromatic N) is 3. The lowest BCUT2D eigenvalue weighted by Gasteiger charge is -2.17. The Kier molecular flexibility index (Phi) is 4.11. The number of benzene rings is 1. The predicted octanol–water partition coefficient (Wildman–Crippen LogP) is 4.92. The Bertz CT molecular complexity index is 826. The van der Waals surface area contributed by atoms with Crippen molar-refractivity contribution >= 4 is 19.0 Å². The van der Waals surface area contributed by atoms with Crippen LogP contribution in [0, 0.1) is 13.8 Å². The van der Waals surface area contributed by atoms with E-state index in [9.17, 15) is 0 Å². The van der Waals surface area contributed by atoms with Crippen molar-refractivity contribution in [2.24, 2.45) is 0 Å². The molecule has 0 bridgehead atoms. The highest BCUT2D eigenvalue weighted by Gasteiger charge is 2.20. The van der Waals surface area contributed by atoms with Crippen LogP contribution in [0.2, 0.25) is 25.7 Å². The summed E-state index contributed by atoms with van der Waals surface area (Å²) in [5.41, 5.74) is 5.02. The Morgan fingerprint density at radius 1 is 1.00 bits per heavy atom. The highest BCUT2D eigenvalue weighted by atomic mass is 28.3. The van der Waals surface area contributed by atoms with Crippen molar-refractivity contribution in [2.75, 3.05) is 0 Å². The number of aromatic nitrogens is 3. The summed E-state index contributed by atoms with van der Waals surface area (Å²) < 4.78 is 2.25. The Labute approximate surface area is 139 Å². The fourth-order valence-electron chi connectivity index (χ4n) is 2.98. The predicted molar refractivity (Wildman–Crippen MR) is 100 cm³/mol. The van der Waals surface area contributed by atoms with Crippen LogP contribution in [0.3, 0.4) is 0 Å². The monoisotopic (exact) mass is 323 g/mol. The van der Waals surface area contributed by atoms with Gasteiger partial charge in [-0.25, -0.2) is 9.97 Å². The van der Waals surface area contributed by atoms with E-state index in [1.165, 1.54) is 28.2 Å². The summed E-state index contributed by atoms with van der Waals surface area (Å²) in [6.07, 6.45) is 4.89. The van der Waals surface area contributed by atoms with E-state index < -0.39 is 8.07 Å². The van der Waals surface area contributed by atoms with Gasteiger partial charge in [0.05, 0.1) is 5.52 Å². The normalized spacial score (nSPS) is 12.0. The lowest BCUT2D eigenvalue weighted by molar-refractivity contribution is 0.868. The van der Waals surface area contributed by atoms with Crippen molar-refractivity contribution < 1.29 is 0 Å². The topological polar surface area (TPSA) is 30.7 Å². The van der Waals surface area contributed by atoms with Crippen molar-refractivity contribution in [2.45, 2.75) is 46.0 Å². The molecule has 0 aliphatic rings. The molecule has 0 N–H and O–H groups in total. The third kappa shape index (κ3) is 3.22. The van der Waals surface area contributed by atoms with Gasteiger partial charge in [0.15, 0.2) is 0 Å². The van der Waals surface area contributed by atoms with Gasteiger partial charge in [-0.1, -0.05) is 43.9 Å². The van der Waals surface area contributed by atoms with Crippen LogP contribution >= 0.6 is 0 Å². The summed E-state index contributed by atoms with van der Waals surface area (Å²) in [7, 11) is -1.10. The van der Waals surface area contributed by atoms with Gasteiger partial charge in [0.1, 0.15) is 0 Å². The summed E-state index contributed by atoms with van der Waals surface area (Å²) in [5.74, 6) is 0.783. The second kappa shape index (κ2) is 5.93. The first-order valence-electron chi connectivity index (χ1n) is 8.25. The Morgan fingerprint density at radius 2 is 1.65 bits per heavy atom. The third-order valence-corrected chi connectivity index (χ3v) is 6.08. The molecule has 0 fully saturated rings. The van der Waals surface area contributed by atoms with Crippen molar-refractivity contribution in [1.82, 2.24) is 14.5 Å². The zero-order valence-corrected chi connectivity index (χ0v) is 15.7. The maximum atomic E-state index is 4.58. The maximum absolute atomic E-state index is 4.58. The first kappa shape index (κ1) is 15.9. The quantitative estimate of drug-likeness (QED) is 0.638. The minimum Gasteiger partial charge on any atom is -0.282 e. The Hall–Kier alpha value is -1.94. The molecule has 0 unspecified atom stereocenters. The van der Waals surface area contributed by atoms with Gasteiger partial charge in [-0.05, 0) is 37.5 Å². The van der Waals surface area contributed by atoms with E-state index in [4.69, 9.17) is 0 Å². The van der Waals surface area contributed by atoms with Crippen LogP contribution in [0.4, 0.5) is 0 Å². The molecule has 3 rings (SSSR count). The van der Waals surface area contributed by atoms with Crippen molar-refractivity contribution in [3.05, 3.63) is 53.5 Å². The molecule has 0 atom stereocenters. The molecule has 0 aliphatic heterocycles. The van der Waals surface area contributed by atoms with Gasteiger partial charge in [-0.15, -0.1) is 0 Å². The van der Waals surface area contributed by atoms with E-state index in [0.29, 0.717) is 0 Å². The lowest BCUT2D eigenvalue weighted by Crippen LogP contribution is -2.21. The van der Waals surface area contributed by atoms with Crippen LogP contribution in [0.15, 0.2) is 36.7 Å². The second-order valence-electron chi connectivity index (χ2n) is 7.55. The molecule has 3 aromatic rings. The first-order chi connectivity index (χ1) is 10.9. The van der Waals surface area contributed by atoms with E-state index in [2.05, 4.69) is 65.4 Å². The number of para-hydroxylation sites is 1. The van der Waals surface area contributed by atoms with Crippen LogP contribution < -0.4 is 0 Å². The van der Waals surface area contributed by atoms with E-state index in [-0.39, 0.29) is 0 Å². The SMILES string of the molecule is Cc1cnc(-n2c(CC[Si](C)(C)C)c(C)c3ccccc32)nc1. The van der Waals surface area contributed by atoms with Crippen molar-refractivity contribution in [3.8, 4) is 5.95 Å². The van der Waals surface area contributed by atoms with Gasteiger partial charge < -0.3 is 0 Å². The molecule has 3 nitrogen and oxygen atoms in total. The van der Waals surface area contributed by atoms with Gasteiger partial charge >= 0.3 is 0 Å². The summed E-state index contributed by atoms with van der Waals surface area (Å²) in [6, 6.07) is 9.85. The first-order valence-corrected chi connectivity index (χ1v) is 12.0. The molecule has 0 saturated heterocycles. The third-order valence-electron chi connectivity index (χ3n) is 4.33. The minimum atomic E-state index is -1.10. The average molecular weight is 324 g/mol. The molecule has 120 valence electrons. The summed E-state index contributed by atoms with van der Waals surface area (Å²) in [4.78, 5) is 9.16. The van der Waals surface area contributed by atoms with Gasteiger partial charge in [0.25, 0.3) is 0 Å². The van der Waals surface area contributed by atoms with Crippen LogP contribution in [0.25, 0.3) is 16.9 Å². The molecule has 2 heterocycles. The van der Waals surface area contributed by atoms with Crippen LogP contribution in [0.1, 0.15) is 16.8 Å². The zero-order valence-electron chi connectivity index (χ0n) is 14.7. The van der Waals surface area contributed by atoms with E-state index in [1.807, 2.05) is 19.3 Å². The van der Waals surface area contributed by atoms with Crippen LogP contribution in [-0.2, 0) is 6.42 Å². The minimum absolute atomic E-state index is 0.783. The number of hydrogen-bond acceptors (Lipinski definition) is 2.